The number of rotatable bonds is 4. The van der Waals surface area contributed by atoms with E-state index in [-0.39, 0.29) is 11.7 Å². The van der Waals surface area contributed by atoms with Gasteiger partial charge in [0.2, 0.25) is 0 Å². The standard InChI is InChI=1S/C14H15FN4OS/c1-21-13-11(3-2-4-12(13)15)14(20)18-9-5-17-19(8-9)10-6-16-7-10/h2-5,8,10,16H,6-7H2,1H3,(H,18,20). The molecule has 1 fully saturated rings. The average Bonchev–Trinajstić information content (AvgIpc) is 2.84. The summed E-state index contributed by atoms with van der Waals surface area (Å²) < 4.78 is 15.5. The molecule has 0 unspecified atom stereocenters. The Labute approximate surface area is 125 Å². The van der Waals surface area contributed by atoms with E-state index in [1.807, 2.05) is 4.68 Å². The molecule has 1 aliphatic heterocycles. The molecule has 1 amide bonds. The number of halogens is 1. The molecule has 0 bridgehead atoms. The van der Waals surface area contributed by atoms with Gasteiger partial charge in [0.1, 0.15) is 5.82 Å². The number of nitrogens with zero attached hydrogens (tertiary/aromatic N) is 2. The monoisotopic (exact) mass is 306 g/mol. The highest BCUT2D eigenvalue weighted by Crippen LogP contribution is 2.25. The zero-order valence-electron chi connectivity index (χ0n) is 11.5. The van der Waals surface area contributed by atoms with E-state index in [1.165, 1.54) is 23.9 Å². The number of anilines is 1. The third kappa shape index (κ3) is 2.79. The number of carbonyl (C=O) groups excluding carboxylic acids is 1. The Morgan fingerprint density at radius 1 is 1.52 bits per heavy atom. The highest BCUT2D eigenvalue weighted by molar-refractivity contribution is 7.98. The normalized spacial score (nSPS) is 14.8. The van der Waals surface area contributed by atoms with Crippen molar-refractivity contribution in [2.45, 2.75) is 10.9 Å². The molecule has 1 aromatic heterocycles. The minimum absolute atomic E-state index is 0.329. The summed E-state index contributed by atoms with van der Waals surface area (Å²) in [6.07, 6.45) is 5.15. The van der Waals surface area contributed by atoms with Crippen LogP contribution in [0.25, 0.3) is 0 Å². The molecule has 2 aromatic rings. The van der Waals surface area contributed by atoms with Crippen molar-refractivity contribution in [3.8, 4) is 0 Å². The lowest BCUT2D eigenvalue weighted by atomic mass is 10.2. The van der Waals surface area contributed by atoms with Crippen LogP contribution in [0.2, 0.25) is 0 Å². The maximum Gasteiger partial charge on any atom is 0.256 e. The van der Waals surface area contributed by atoms with Gasteiger partial charge >= 0.3 is 0 Å². The van der Waals surface area contributed by atoms with Crippen LogP contribution in [0.3, 0.4) is 0 Å². The van der Waals surface area contributed by atoms with Gasteiger partial charge in [0.25, 0.3) is 5.91 Å². The largest absolute Gasteiger partial charge is 0.319 e. The number of benzene rings is 1. The Morgan fingerprint density at radius 2 is 2.33 bits per heavy atom. The van der Waals surface area contributed by atoms with Crippen LogP contribution in [0, 0.1) is 5.82 Å². The molecule has 0 aliphatic carbocycles. The zero-order valence-corrected chi connectivity index (χ0v) is 12.3. The Bertz CT molecular complexity index is 669. The van der Waals surface area contributed by atoms with Crippen molar-refractivity contribution < 1.29 is 9.18 Å². The van der Waals surface area contributed by atoms with Gasteiger partial charge in [-0.2, -0.15) is 5.10 Å². The van der Waals surface area contributed by atoms with Crippen LogP contribution in [0.1, 0.15) is 16.4 Å². The van der Waals surface area contributed by atoms with Crippen LogP contribution in [-0.4, -0.2) is 35.0 Å². The van der Waals surface area contributed by atoms with E-state index in [0.717, 1.165) is 13.1 Å². The van der Waals surface area contributed by atoms with Crippen LogP contribution in [0.4, 0.5) is 10.1 Å². The number of hydrogen-bond donors (Lipinski definition) is 2. The molecule has 3 rings (SSSR count). The zero-order chi connectivity index (χ0) is 14.8. The van der Waals surface area contributed by atoms with E-state index in [4.69, 9.17) is 0 Å². The van der Waals surface area contributed by atoms with Crippen molar-refractivity contribution in [1.82, 2.24) is 15.1 Å². The molecular weight excluding hydrogens is 291 g/mol. The SMILES string of the molecule is CSc1c(F)cccc1C(=O)Nc1cnn(C2CNC2)c1. The quantitative estimate of drug-likeness (QED) is 0.850. The van der Waals surface area contributed by atoms with E-state index in [9.17, 15) is 9.18 Å². The third-order valence-electron chi connectivity index (χ3n) is 3.41. The van der Waals surface area contributed by atoms with E-state index < -0.39 is 0 Å². The molecule has 0 radical (unpaired) electrons. The predicted molar refractivity (Wildman–Crippen MR) is 80.3 cm³/mol. The summed E-state index contributed by atoms with van der Waals surface area (Å²) in [5.41, 5.74) is 0.948. The average molecular weight is 306 g/mol. The summed E-state index contributed by atoms with van der Waals surface area (Å²) in [4.78, 5) is 12.6. The van der Waals surface area contributed by atoms with Crippen molar-refractivity contribution >= 4 is 23.4 Å². The Kier molecular flexibility index (Phi) is 3.94. The minimum atomic E-state index is -0.383. The first-order chi connectivity index (χ1) is 10.2. The first-order valence-electron chi connectivity index (χ1n) is 6.58. The van der Waals surface area contributed by atoms with Crippen LogP contribution < -0.4 is 10.6 Å². The van der Waals surface area contributed by atoms with E-state index in [2.05, 4.69) is 15.7 Å². The molecule has 0 saturated carbocycles. The smallest absolute Gasteiger partial charge is 0.256 e. The van der Waals surface area contributed by atoms with Gasteiger partial charge in [-0.3, -0.25) is 9.48 Å². The second-order valence-corrected chi connectivity index (χ2v) is 5.61. The summed E-state index contributed by atoms with van der Waals surface area (Å²) in [7, 11) is 0. The summed E-state index contributed by atoms with van der Waals surface area (Å²) in [5.74, 6) is -0.712. The molecule has 110 valence electrons. The molecule has 1 saturated heterocycles. The summed E-state index contributed by atoms with van der Waals surface area (Å²) in [5, 5.41) is 10.2. The molecule has 0 atom stereocenters. The second kappa shape index (κ2) is 5.87. The maximum atomic E-state index is 13.7. The van der Waals surface area contributed by atoms with Crippen molar-refractivity contribution in [1.29, 1.82) is 0 Å². The molecule has 1 aromatic carbocycles. The Balaban J connectivity index is 1.77. The van der Waals surface area contributed by atoms with Crippen LogP contribution >= 0.6 is 11.8 Å². The fourth-order valence-electron chi connectivity index (χ4n) is 2.16. The van der Waals surface area contributed by atoms with Crippen molar-refractivity contribution in [3.63, 3.8) is 0 Å². The fraction of sp³-hybridized carbons (Fsp3) is 0.286. The van der Waals surface area contributed by atoms with Gasteiger partial charge in [0.15, 0.2) is 0 Å². The number of amides is 1. The third-order valence-corrected chi connectivity index (χ3v) is 4.23. The molecule has 2 N–H and O–H groups in total. The second-order valence-electron chi connectivity index (χ2n) is 4.80. The number of carbonyl (C=O) groups is 1. The summed E-state index contributed by atoms with van der Waals surface area (Å²) in [6.45, 7) is 1.77. The first kappa shape index (κ1) is 14.1. The lowest BCUT2D eigenvalue weighted by Gasteiger charge is -2.27. The highest BCUT2D eigenvalue weighted by Gasteiger charge is 2.20. The number of thioether (sulfide) groups is 1. The fourth-order valence-corrected chi connectivity index (χ4v) is 2.80. The summed E-state index contributed by atoms with van der Waals surface area (Å²) >= 11 is 1.22. The lowest BCUT2D eigenvalue weighted by molar-refractivity contribution is 0.102. The Morgan fingerprint density at radius 3 is 3.00 bits per heavy atom. The highest BCUT2D eigenvalue weighted by atomic mass is 32.2. The van der Waals surface area contributed by atoms with Gasteiger partial charge in [-0.15, -0.1) is 11.8 Å². The van der Waals surface area contributed by atoms with Gasteiger partial charge < -0.3 is 10.6 Å². The van der Waals surface area contributed by atoms with Gasteiger partial charge in [0.05, 0.1) is 28.4 Å². The van der Waals surface area contributed by atoms with Gasteiger partial charge in [0, 0.05) is 19.3 Å². The first-order valence-corrected chi connectivity index (χ1v) is 7.80. The molecule has 2 heterocycles. The van der Waals surface area contributed by atoms with E-state index >= 15 is 0 Å². The van der Waals surface area contributed by atoms with E-state index in [1.54, 1.807) is 24.7 Å². The summed E-state index contributed by atoms with van der Waals surface area (Å²) in [6, 6.07) is 4.84. The minimum Gasteiger partial charge on any atom is -0.319 e. The predicted octanol–water partition coefficient (Wildman–Crippen LogP) is 2.14. The molecular formula is C14H15FN4OS. The lowest BCUT2D eigenvalue weighted by Crippen LogP contribution is -2.43. The molecule has 1 aliphatic rings. The van der Waals surface area contributed by atoms with Crippen LogP contribution in [0.5, 0.6) is 0 Å². The van der Waals surface area contributed by atoms with E-state index in [0.29, 0.717) is 22.2 Å². The maximum absolute atomic E-state index is 13.7. The van der Waals surface area contributed by atoms with Crippen molar-refractivity contribution in [2.75, 3.05) is 24.7 Å². The Hall–Kier alpha value is -1.86. The van der Waals surface area contributed by atoms with Crippen LogP contribution in [0.15, 0.2) is 35.5 Å². The molecule has 5 nitrogen and oxygen atoms in total. The van der Waals surface area contributed by atoms with Crippen LogP contribution in [-0.2, 0) is 0 Å². The molecule has 21 heavy (non-hydrogen) atoms. The molecule has 7 heteroatoms. The molecule has 0 spiro atoms. The topological polar surface area (TPSA) is 59.0 Å². The van der Waals surface area contributed by atoms with Gasteiger partial charge in [-0.25, -0.2) is 4.39 Å². The number of hydrogen-bond acceptors (Lipinski definition) is 4. The van der Waals surface area contributed by atoms with Crippen molar-refractivity contribution in [2.24, 2.45) is 0 Å². The van der Waals surface area contributed by atoms with Gasteiger partial charge in [-0.05, 0) is 18.4 Å². The van der Waals surface area contributed by atoms with Gasteiger partial charge in [-0.1, -0.05) is 6.07 Å². The van der Waals surface area contributed by atoms with Crippen molar-refractivity contribution in [3.05, 3.63) is 42.0 Å². The number of nitrogens with one attached hydrogen (secondary N) is 2. The number of aromatic nitrogens is 2.